The van der Waals surface area contributed by atoms with Gasteiger partial charge in [0.05, 0.1) is 0 Å². The lowest BCUT2D eigenvalue weighted by Crippen LogP contribution is -2.58. The highest BCUT2D eigenvalue weighted by Crippen LogP contribution is 2.41. The molecule has 0 fully saturated rings. The van der Waals surface area contributed by atoms with E-state index in [9.17, 15) is 22.0 Å². The second-order valence-electron chi connectivity index (χ2n) is 3.91. The molecule has 100 valence electrons. The van der Waals surface area contributed by atoms with Gasteiger partial charge in [-0.05, 0) is 6.42 Å². The van der Waals surface area contributed by atoms with Crippen LogP contribution in [0.25, 0.3) is 0 Å². The fraction of sp³-hybridized carbons (Fsp3) is 0.889. The highest BCUT2D eigenvalue weighted by atomic mass is 19.4. The van der Waals surface area contributed by atoms with Crippen molar-refractivity contribution in [2.75, 3.05) is 13.6 Å². The zero-order valence-electron chi connectivity index (χ0n) is 9.51. The van der Waals surface area contributed by atoms with Crippen molar-refractivity contribution in [3.05, 3.63) is 0 Å². The van der Waals surface area contributed by atoms with Crippen molar-refractivity contribution < 1.29 is 22.0 Å². The Labute approximate surface area is 95.9 Å². The van der Waals surface area contributed by atoms with Gasteiger partial charge in [0.15, 0.2) is 6.17 Å². The molecule has 0 spiro atoms. The molecule has 0 saturated heterocycles. The fourth-order valence-corrected chi connectivity index (χ4v) is 1.57. The molecule has 1 heterocycles. The van der Waals surface area contributed by atoms with Crippen LogP contribution in [0.4, 0.5) is 22.0 Å². The Morgan fingerprint density at radius 1 is 1.24 bits per heavy atom. The van der Waals surface area contributed by atoms with Crippen LogP contribution in [0.3, 0.4) is 0 Å². The molecule has 0 aromatic heterocycles. The number of hydrogen-bond donors (Lipinski definition) is 0. The molecule has 1 rings (SSSR count). The van der Waals surface area contributed by atoms with Crippen molar-refractivity contribution in [1.29, 1.82) is 0 Å². The maximum atomic E-state index is 13.3. The molecule has 1 atom stereocenters. The first-order valence-corrected chi connectivity index (χ1v) is 5.19. The Bertz CT molecular complexity index is 289. The van der Waals surface area contributed by atoms with Crippen LogP contribution >= 0.6 is 0 Å². The Kier molecular flexibility index (Phi) is 3.83. The summed E-state index contributed by atoms with van der Waals surface area (Å²) in [5.41, 5.74) is 0. The van der Waals surface area contributed by atoms with Gasteiger partial charge < -0.3 is 4.90 Å². The first-order chi connectivity index (χ1) is 7.71. The standard InChI is InChI=1S/C9H14F5N3/c1-3-4-5-17-7(16(2)6-15-17)8(10,11)9(12,13)14/h6-7H,3-5H2,1-2H3. The van der Waals surface area contributed by atoms with Crippen molar-refractivity contribution in [1.82, 2.24) is 9.91 Å². The average Bonchev–Trinajstić information content (AvgIpc) is 2.55. The van der Waals surface area contributed by atoms with Crippen LogP contribution < -0.4 is 0 Å². The van der Waals surface area contributed by atoms with Gasteiger partial charge in [0.25, 0.3) is 0 Å². The Morgan fingerprint density at radius 3 is 2.29 bits per heavy atom. The van der Waals surface area contributed by atoms with Gasteiger partial charge in [-0.3, -0.25) is 5.01 Å². The Balaban J connectivity index is 2.86. The second kappa shape index (κ2) is 4.66. The summed E-state index contributed by atoms with van der Waals surface area (Å²) in [6.45, 7) is 1.90. The van der Waals surface area contributed by atoms with Crippen LogP contribution in [0.1, 0.15) is 19.8 Å². The molecule has 0 bridgehead atoms. The maximum Gasteiger partial charge on any atom is 0.457 e. The number of halogens is 5. The Hall–Kier alpha value is -1.08. The van der Waals surface area contributed by atoms with E-state index in [4.69, 9.17) is 0 Å². The summed E-state index contributed by atoms with van der Waals surface area (Å²) in [5, 5.41) is 4.36. The number of unbranched alkanes of at least 4 members (excludes halogenated alkanes) is 1. The summed E-state index contributed by atoms with van der Waals surface area (Å²) in [5.74, 6) is -4.81. The van der Waals surface area contributed by atoms with Gasteiger partial charge in [-0.1, -0.05) is 13.3 Å². The van der Waals surface area contributed by atoms with E-state index in [1.54, 1.807) is 0 Å². The normalized spacial score (nSPS) is 21.5. The van der Waals surface area contributed by atoms with Crippen molar-refractivity contribution >= 4 is 6.34 Å². The fourth-order valence-electron chi connectivity index (χ4n) is 1.57. The molecule has 0 aromatic carbocycles. The van der Waals surface area contributed by atoms with Crippen LogP contribution in [0.2, 0.25) is 0 Å². The maximum absolute atomic E-state index is 13.3. The molecule has 8 heteroatoms. The minimum absolute atomic E-state index is 0.0771. The Morgan fingerprint density at radius 2 is 1.82 bits per heavy atom. The molecule has 1 aliphatic rings. The van der Waals surface area contributed by atoms with E-state index in [1.807, 2.05) is 6.92 Å². The molecular formula is C9H14F5N3. The summed E-state index contributed by atoms with van der Waals surface area (Å²) in [4.78, 5) is 0.781. The minimum Gasteiger partial charge on any atom is -0.337 e. The minimum atomic E-state index is -5.58. The topological polar surface area (TPSA) is 18.8 Å². The summed E-state index contributed by atoms with van der Waals surface area (Å²) < 4.78 is 63.4. The van der Waals surface area contributed by atoms with Crippen molar-refractivity contribution in [2.24, 2.45) is 5.10 Å². The molecule has 0 N–H and O–H groups in total. The summed E-state index contributed by atoms with van der Waals surface area (Å²) in [6, 6.07) is 0. The van der Waals surface area contributed by atoms with E-state index < -0.39 is 18.3 Å². The van der Waals surface area contributed by atoms with Crippen LogP contribution in [0.15, 0.2) is 5.10 Å². The zero-order chi connectivity index (χ0) is 13.3. The van der Waals surface area contributed by atoms with Gasteiger partial charge in [0.2, 0.25) is 0 Å². The van der Waals surface area contributed by atoms with E-state index in [1.165, 1.54) is 0 Å². The second-order valence-corrected chi connectivity index (χ2v) is 3.91. The zero-order valence-corrected chi connectivity index (χ0v) is 9.51. The lowest BCUT2D eigenvalue weighted by Gasteiger charge is -2.35. The summed E-state index contributed by atoms with van der Waals surface area (Å²) in [6.07, 6.45) is -5.48. The van der Waals surface area contributed by atoms with Crippen molar-refractivity contribution in [2.45, 2.75) is 38.0 Å². The van der Waals surface area contributed by atoms with Gasteiger partial charge in [-0.25, -0.2) is 0 Å². The number of alkyl halides is 5. The molecule has 17 heavy (non-hydrogen) atoms. The third kappa shape index (κ3) is 2.61. The van der Waals surface area contributed by atoms with E-state index in [0.29, 0.717) is 12.8 Å². The van der Waals surface area contributed by atoms with Crippen LogP contribution in [-0.2, 0) is 0 Å². The monoisotopic (exact) mass is 259 g/mol. The van der Waals surface area contributed by atoms with Crippen LogP contribution in [-0.4, -0.2) is 48.1 Å². The van der Waals surface area contributed by atoms with Crippen molar-refractivity contribution in [3.8, 4) is 0 Å². The van der Waals surface area contributed by atoms with Gasteiger partial charge in [0, 0.05) is 13.6 Å². The third-order valence-corrected chi connectivity index (χ3v) is 2.49. The summed E-state index contributed by atoms with van der Waals surface area (Å²) >= 11 is 0. The van der Waals surface area contributed by atoms with Crippen LogP contribution in [0.5, 0.6) is 0 Å². The quantitative estimate of drug-likeness (QED) is 0.722. The number of hydrazone groups is 1. The van der Waals surface area contributed by atoms with Crippen LogP contribution in [0, 0.1) is 0 Å². The van der Waals surface area contributed by atoms with E-state index in [-0.39, 0.29) is 6.54 Å². The van der Waals surface area contributed by atoms with Gasteiger partial charge in [0.1, 0.15) is 6.34 Å². The average molecular weight is 259 g/mol. The number of hydrogen-bond acceptors (Lipinski definition) is 3. The van der Waals surface area contributed by atoms with Gasteiger partial charge >= 0.3 is 12.1 Å². The highest BCUT2D eigenvalue weighted by molar-refractivity contribution is 5.57. The van der Waals surface area contributed by atoms with Crippen molar-refractivity contribution in [3.63, 3.8) is 0 Å². The predicted molar refractivity (Wildman–Crippen MR) is 52.7 cm³/mol. The number of rotatable bonds is 4. The lowest BCUT2D eigenvalue weighted by atomic mass is 10.2. The van der Waals surface area contributed by atoms with E-state index in [2.05, 4.69) is 5.10 Å². The lowest BCUT2D eigenvalue weighted by molar-refractivity contribution is -0.313. The SMILES string of the molecule is CCCCN1N=CN(C)C1C(F)(F)C(F)(F)F. The third-order valence-electron chi connectivity index (χ3n) is 2.49. The number of nitrogens with zero attached hydrogens (tertiary/aromatic N) is 3. The molecule has 1 unspecified atom stereocenters. The molecule has 0 aliphatic carbocycles. The molecular weight excluding hydrogens is 245 g/mol. The van der Waals surface area contributed by atoms with Gasteiger partial charge in [-0.15, -0.1) is 0 Å². The first-order valence-electron chi connectivity index (χ1n) is 5.19. The molecule has 0 amide bonds. The van der Waals surface area contributed by atoms with Gasteiger partial charge in [-0.2, -0.15) is 27.1 Å². The predicted octanol–water partition coefficient (Wildman–Crippen LogP) is 2.50. The summed E-state index contributed by atoms with van der Waals surface area (Å²) in [7, 11) is 1.15. The first kappa shape index (κ1) is 14.0. The van der Waals surface area contributed by atoms with E-state index in [0.717, 1.165) is 23.3 Å². The largest absolute Gasteiger partial charge is 0.457 e. The highest BCUT2D eigenvalue weighted by Gasteiger charge is 2.66. The van der Waals surface area contributed by atoms with E-state index >= 15 is 0 Å². The molecule has 0 saturated carbocycles. The smallest absolute Gasteiger partial charge is 0.337 e. The molecule has 1 aliphatic heterocycles. The molecule has 0 radical (unpaired) electrons. The molecule has 3 nitrogen and oxygen atoms in total. The molecule has 0 aromatic rings.